The number of aromatic nitrogens is 2. The summed E-state index contributed by atoms with van der Waals surface area (Å²) in [6.45, 7) is 0.538. The summed E-state index contributed by atoms with van der Waals surface area (Å²) in [5, 5.41) is 6.24. The zero-order valence-electron chi connectivity index (χ0n) is 14.7. The number of hydrogen-bond acceptors (Lipinski definition) is 6. The maximum absolute atomic E-state index is 12.4. The molecule has 2 aromatic heterocycles. The number of anilines is 1. The lowest BCUT2D eigenvalue weighted by Crippen LogP contribution is -2.13. The molecule has 5 nitrogen and oxygen atoms in total. The summed E-state index contributed by atoms with van der Waals surface area (Å²) in [5.41, 5.74) is 8.48. The quantitative estimate of drug-likeness (QED) is 0.652. The van der Waals surface area contributed by atoms with Gasteiger partial charge in [-0.3, -0.25) is 10.1 Å². The van der Waals surface area contributed by atoms with Crippen molar-refractivity contribution in [2.75, 3.05) is 11.9 Å². The zero-order chi connectivity index (χ0) is 17.9. The SMILES string of the molecule is Cl.NCCc1nc(C(=O)Nc2nc3c(s2)CC(c2ccccc2)CC3)cs1. The fourth-order valence-electron chi connectivity index (χ4n) is 3.25. The van der Waals surface area contributed by atoms with Crippen molar-refractivity contribution in [3.8, 4) is 0 Å². The van der Waals surface area contributed by atoms with Crippen LogP contribution in [0.2, 0.25) is 0 Å². The van der Waals surface area contributed by atoms with Crippen LogP contribution in [0.15, 0.2) is 35.7 Å². The molecule has 0 radical (unpaired) electrons. The van der Waals surface area contributed by atoms with Gasteiger partial charge in [0.25, 0.3) is 5.91 Å². The van der Waals surface area contributed by atoms with Crippen molar-refractivity contribution < 1.29 is 4.79 Å². The number of benzene rings is 1. The Labute approximate surface area is 172 Å². The third-order valence-electron chi connectivity index (χ3n) is 4.57. The molecule has 0 saturated heterocycles. The number of nitrogens with two attached hydrogens (primary N) is 1. The standard InChI is InChI=1S/C19H20N4OS2.ClH/c20-9-8-17-21-15(11-25-17)18(24)23-19-22-14-7-6-13(10-16(14)26-19)12-4-2-1-3-5-12;/h1-5,11,13H,6-10,20H2,(H,22,23,24);1H. The highest BCUT2D eigenvalue weighted by atomic mass is 35.5. The molecule has 4 rings (SSSR count). The van der Waals surface area contributed by atoms with E-state index in [-0.39, 0.29) is 18.3 Å². The number of nitrogens with zero attached hydrogens (tertiary/aromatic N) is 2. The van der Waals surface area contributed by atoms with Crippen LogP contribution < -0.4 is 11.1 Å². The number of fused-ring (bicyclic) bond motifs is 1. The first-order valence-electron chi connectivity index (χ1n) is 8.72. The van der Waals surface area contributed by atoms with Crippen LogP contribution in [-0.4, -0.2) is 22.4 Å². The number of thiazole rings is 2. The summed E-state index contributed by atoms with van der Waals surface area (Å²) in [6.07, 6.45) is 3.75. The highest BCUT2D eigenvalue weighted by Gasteiger charge is 2.24. The van der Waals surface area contributed by atoms with Crippen molar-refractivity contribution in [2.24, 2.45) is 5.73 Å². The van der Waals surface area contributed by atoms with Crippen molar-refractivity contribution in [3.05, 3.63) is 62.5 Å². The molecule has 27 heavy (non-hydrogen) atoms. The normalized spacial score (nSPS) is 15.7. The van der Waals surface area contributed by atoms with Gasteiger partial charge in [-0.25, -0.2) is 9.97 Å². The maximum atomic E-state index is 12.4. The van der Waals surface area contributed by atoms with Crippen LogP contribution in [-0.2, 0) is 19.3 Å². The number of halogens is 1. The predicted molar refractivity (Wildman–Crippen MR) is 113 cm³/mol. The lowest BCUT2D eigenvalue weighted by atomic mass is 9.85. The number of hydrogen-bond donors (Lipinski definition) is 2. The number of aryl methyl sites for hydroxylation is 1. The molecule has 0 saturated carbocycles. The molecule has 3 aromatic rings. The molecule has 0 spiro atoms. The fraction of sp³-hybridized carbons (Fsp3) is 0.316. The molecule has 142 valence electrons. The molecule has 1 aliphatic rings. The van der Waals surface area contributed by atoms with Gasteiger partial charge in [-0.05, 0) is 37.3 Å². The minimum absolute atomic E-state index is 0. The lowest BCUT2D eigenvalue weighted by Gasteiger charge is -2.21. The Kier molecular flexibility index (Phi) is 6.59. The zero-order valence-corrected chi connectivity index (χ0v) is 17.1. The average molecular weight is 421 g/mol. The summed E-state index contributed by atoms with van der Waals surface area (Å²) >= 11 is 3.06. The van der Waals surface area contributed by atoms with Gasteiger partial charge in [-0.2, -0.15) is 0 Å². The summed E-state index contributed by atoms with van der Waals surface area (Å²) in [5.74, 6) is 0.334. The van der Waals surface area contributed by atoms with Gasteiger partial charge < -0.3 is 5.73 Å². The van der Waals surface area contributed by atoms with Gasteiger partial charge in [0.2, 0.25) is 0 Å². The minimum Gasteiger partial charge on any atom is -0.330 e. The van der Waals surface area contributed by atoms with Gasteiger partial charge in [0, 0.05) is 16.7 Å². The second-order valence-electron chi connectivity index (χ2n) is 6.36. The molecular formula is C19H21ClN4OS2. The van der Waals surface area contributed by atoms with Crippen molar-refractivity contribution in [1.29, 1.82) is 0 Å². The Hall–Kier alpha value is -1.80. The van der Waals surface area contributed by atoms with Crippen LogP contribution in [0, 0.1) is 0 Å². The smallest absolute Gasteiger partial charge is 0.276 e. The van der Waals surface area contributed by atoms with Gasteiger partial charge in [0.05, 0.1) is 10.7 Å². The van der Waals surface area contributed by atoms with Gasteiger partial charge in [0.1, 0.15) is 5.69 Å². The van der Waals surface area contributed by atoms with E-state index in [9.17, 15) is 4.79 Å². The van der Waals surface area contributed by atoms with Crippen LogP contribution in [0.25, 0.3) is 0 Å². The Bertz CT molecular complexity index is 910. The third-order valence-corrected chi connectivity index (χ3v) is 6.52. The summed E-state index contributed by atoms with van der Waals surface area (Å²) < 4.78 is 0. The Morgan fingerprint density at radius 1 is 1.26 bits per heavy atom. The monoisotopic (exact) mass is 420 g/mol. The first-order chi connectivity index (χ1) is 12.7. The second kappa shape index (κ2) is 8.93. The second-order valence-corrected chi connectivity index (χ2v) is 8.38. The summed E-state index contributed by atoms with van der Waals surface area (Å²) in [6, 6.07) is 10.6. The van der Waals surface area contributed by atoms with E-state index in [0.29, 0.717) is 29.7 Å². The van der Waals surface area contributed by atoms with E-state index in [4.69, 9.17) is 5.73 Å². The van der Waals surface area contributed by atoms with Gasteiger partial charge in [-0.1, -0.05) is 30.3 Å². The van der Waals surface area contributed by atoms with Crippen LogP contribution >= 0.6 is 35.1 Å². The van der Waals surface area contributed by atoms with Crippen LogP contribution in [0.1, 0.15) is 44.0 Å². The predicted octanol–water partition coefficient (Wildman–Crippen LogP) is 4.05. The molecule has 0 bridgehead atoms. The van der Waals surface area contributed by atoms with E-state index < -0.39 is 0 Å². The van der Waals surface area contributed by atoms with Crippen molar-refractivity contribution in [1.82, 2.24) is 9.97 Å². The number of rotatable bonds is 5. The van der Waals surface area contributed by atoms with Crippen molar-refractivity contribution >= 4 is 46.1 Å². The van der Waals surface area contributed by atoms with Gasteiger partial charge in [-0.15, -0.1) is 35.1 Å². The fourth-order valence-corrected chi connectivity index (χ4v) is 5.13. The van der Waals surface area contributed by atoms with Crippen molar-refractivity contribution in [3.63, 3.8) is 0 Å². The Morgan fingerprint density at radius 2 is 2.07 bits per heavy atom. The molecule has 1 atom stereocenters. The molecule has 1 aromatic carbocycles. The molecule has 8 heteroatoms. The summed E-state index contributed by atoms with van der Waals surface area (Å²) in [7, 11) is 0. The molecule has 3 N–H and O–H groups in total. The number of nitrogens with one attached hydrogen (secondary N) is 1. The third kappa shape index (κ3) is 4.55. The number of carbonyl (C=O) groups excluding carboxylic acids is 1. The first kappa shape index (κ1) is 19.9. The van der Waals surface area contributed by atoms with E-state index in [0.717, 1.165) is 30.0 Å². The van der Waals surface area contributed by atoms with E-state index in [1.165, 1.54) is 21.8 Å². The highest BCUT2D eigenvalue weighted by molar-refractivity contribution is 7.16. The largest absolute Gasteiger partial charge is 0.330 e. The number of carbonyl (C=O) groups is 1. The van der Waals surface area contributed by atoms with Crippen LogP contribution in [0.3, 0.4) is 0 Å². The molecular weight excluding hydrogens is 400 g/mol. The molecule has 1 amide bonds. The lowest BCUT2D eigenvalue weighted by molar-refractivity contribution is 0.102. The average Bonchev–Trinajstić information content (AvgIpc) is 3.28. The number of amides is 1. The Balaban J connectivity index is 0.00000210. The van der Waals surface area contributed by atoms with Crippen LogP contribution in [0.5, 0.6) is 0 Å². The summed E-state index contributed by atoms with van der Waals surface area (Å²) in [4.78, 5) is 22.6. The van der Waals surface area contributed by atoms with Crippen molar-refractivity contribution in [2.45, 2.75) is 31.6 Å². The molecule has 1 aliphatic carbocycles. The Morgan fingerprint density at radius 3 is 2.85 bits per heavy atom. The van der Waals surface area contributed by atoms with Gasteiger partial charge >= 0.3 is 0 Å². The van der Waals surface area contributed by atoms with E-state index in [2.05, 4.69) is 45.6 Å². The molecule has 2 heterocycles. The van der Waals surface area contributed by atoms with E-state index >= 15 is 0 Å². The highest BCUT2D eigenvalue weighted by Crippen LogP contribution is 2.37. The minimum atomic E-state index is -0.199. The molecule has 0 fully saturated rings. The van der Waals surface area contributed by atoms with E-state index in [1.807, 2.05) is 0 Å². The molecule has 0 aliphatic heterocycles. The topological polar surface area (TPSA) is 80.9 Å². The van der Waals surface area contributed by atoms with Crippen LogP contribution in [0.4, 0.5) is 5.13 Å². The molecule has 1 unspecified atom stereocenters. The van der Waals surface area contributed by atoms with Gasteiger partial charge in [0.15, 0.2) is 5.13 Å². The van der Waals surface area contributed by atoms with E-state index in [1.54, 1.807) is 16.7 Å². The first-order valence-corrected chi connectivity index (χ1v) is 10.4. The maximum Gasteiger partial charge on any atom is 0.276 e.